The molecule has 1 N–H and O–H groups in total. The largest absolute Gasteiger partial charge is 0.393 e. The summed E-state index contributed by atoms with van der Waals surface area (Å²) in [5.41, 5.74) is 2.70. The number of allylic oxidation sites excluding steroid dienone is 3. The molecule has 2 unspecified atom stereocenters. The molecule has 0 aromatic carbocycles. The van der Waals surface area contributed by atoms with Crippen LogP contribution in [0.4, 0.5) is 0 Å². The predicted octanol–water partition coefficient (Wildman–Crippen LogP) is 3.47. The Bertz CT molecular complexity index is 287. The Balaban J connectivity index is 2.63. The maximum absolute atomic E-state index is 9.76. The summed E-state index contributed by atoms with van der Waals surface area (Å²) in [7, 11) is 1.78. The summed E-state index contributed by atoms with van der Waals surface area (Å²) >= 11 is 0. The third-order valence-corrected chi connectivity index (χ3v) is 3.61. The third kappa shape index (κ3) is 4.64. The minimum absolute atomic E-state index is 0.154. The van der Waals surface area contributed by atoms with Gasteiger partial charge in [-0.2, -0.15) is 0 Å². The van der Waals surface area contributed by atoms with Crippen LogP contribution in [0.15, 0.2) is 23.3 Å². The zero-order valence-electron chi connectivity index (χ0n) is 11.6. The van der Waals surface area contributed by atoms with Crippen LogP contribution in [0, 0.1) is 5.92 Å². The van der Waals surface area contributed by atoms with Crippen LogP contribution < -0.4 is 0 Å². The van der Waals surface area contributed by atoms with Crippen LogP contribution in [-0.4, -0.2) is 24.4 Å². The van der Waals surface area contributed by atoms with Gasteiger partial charge in [0.05, 0.1) is 12.2 Å². The van der Waals surface area contributed by atoms with Gasteiger partial charge < -0.3 is 9.84 Å². The molecule has 1 aliphatic carbocycles. The number of ether oxygens (including phenoxy) is 1. The zero-order valence-corrected chi connectivity index (χ0v) is 11.6. The van der Waals surface area contributed by atoms with Crippen molar-refractivity contribution in [2.75, 3.05) is 7.11 Å². The van der Waals surface area contributed by atoms with Crippen molar-refractivity contribution >= 4 is 0 Å². The van der Waals surface area contributed by atoms with Crippen molar-refractivity contribution in [1.82, 2.24) is 0 Å². The van der Waals surface area contributed by atoms with Crippen LogP contribution in [-0.2, 0) is 4.74 Å². The molecular formula is C15H26O2. The summed E-state index contributed by atoms with van der Waals surface area (Å²) < 4.78 is 5.53. The Morgan fingerprint density at radius 3 is 2.53 bits per heavy atom. The van der Waals surface area contributed by atoms with Crippen molar-refractivity contribution in [2.24, 2.45) is 5.92 Å². The van der Waals surface area contributed by atoms with Crippen molar-refractivity contribution in [3.05, 3.63) is 23.3 Å². The molecule has 0 aromatic heterocycles. The van der Waals surface area contributed by atoms with Crippen molar-refractivity contribution < 1.29 is 9.84 Å². The summed E-state index contributed by atoms with van der Waals surface area (Å²) in [4.78, 5) is 0. The predicted molar refractivity (Wildman–Crippen MR) is 71.9 cm³/mol. The van der Waals surface area contributed by atoms with E-state index in [-0.39, 0.29) is 12.2 Å². The third-order valence-electron chi connectivity index (χ3n) is 3.61. The highest BCUT2D eigenvalue weighted by atomic mass is 16.5. The minimum Gasteiger partial charge on any atom is -0.393 e. The summed E-state index contributed by atoms with van der Waals surface area (Å²) in [6.45, 7) is 6.39. The second-order valence-corrected chi connectivity index (χ2v) is 5.31. The van der Waals surface area contributed by atoms with Gasteiger partial charge in [-0.25, -0.2) is 0 Å². The topological polar surface area (TPSA) is 29.5 Å². The number of hydrogen-bond acceptors (Lipinski definition) is 2. The van der Waals surface area contributed by atoms with E-state index in [0.29, 0.717) is 5.92 Å². The Hall–Kier alpha value is -0.600. The average Bonchev–Trinajstić information content (AvgIpc) is 2.28. The fourth-order valence-corrected chi connectivity index (χ4v) is 2.51. The first-order chi connectivity index (χ1) is 8.04. The van der Waals surface area contributed by atoms with Crippen LogP contribution in [0.2, 0.25) is 0 Å². The lowest BCUT2D eigenvalue weighted by molar-refractivity contribution is -0.00715. The summed E-state index contributed by atoms with van der Waals surface area (Å²) in [6, 6.07) is 0. The van der Waals surface area contributed by atoms with Crippen molar-refractivity contribution in [3.8, 4) is 0 Å². The Morgan fingerprint density at radius 2 is 1.94 bits per heavy atom. The van der Waals surface area contributed by atoms with E-state index in [1.165, 1.54) is 11.1 Å². The Kier molecular flexibility index (Phi) is 5.93. The molecule has 2 heteroatoms. The Morgan fingerprint density at radius 1 is 1.24 bits per heavy atom. The maximum atomic E-state index is 9.76. The molecule has 17 heavy (non-hydrogen) atoms. The van der Waals surface area contributed by atoms with Crippen LogP contribution in [0.1, 0.15) is 46.5 Å². The van der Waals surface area contributed by atoms with Gasteiger partial charge in [-0.15, -0.1) is 0 Å². The minimum atomic E-state index is -0.154. The van der Waals surface area contributed by atoms with E-state index in [1.54, 1.807) is 7.11 Å². The first kappa shape index (κ1) is 14.5. The normalized spacial score (nSPS) is 30.2. The molecule has 0 saturated heterocycles. The van der Waals surface area contributed by atoms with E-state index >= 15 is 0 Å². The summed E-state index contributed by atoms with van der Waals surface area (Å²) in [5.74, 6) is 0.384. The second-order valence-electron chi connectivity index (χ2n) is 5.31. The van der Waals surface area contributed by atoms with Crippen molar-refractivity contribution in [1.29, 1.82) is 0 Å². The van der Waals surface area contributed by atoms with E-state index in [1.807, 2.05) is 0 Å². The highest BCUT2D eigenvalue weighted by Gasteiger charge is 2.30. The SMILES string of the molecule is COC1CC[C@@H](O)CC1/C(C)=C/CC=C(C)C. The molecule has 3 atom stereocenters. The quantitative estimate of drug-likeness (QED) is 0.760. The molecule has 1 rings (SSSR count). The molecule has 0 amide bonds. The first-order valence-corrected chi connectivity index (χ1v) is 6.55. The van der Waals surface area contributed by atoms with E-state index < -0.39 is 0 Å². The highest BCUT2D eigenvalue weighted by Crippen LogP contribution is 2.32. The molecule has 1 aliphatic rings. The fraction of sp³-hybridized carbons (Fsp3) is 0.733. The van der Waals surface area contributed by atoms with Gasteiger partial charge in [-0.05, 0) is 46.5 Å². The smallest absolute Gasteiger partial charge is 0.0638 e. The first-order valence-electron chi connectivity index (χ1n) is 6.55. The average molecular weight is 238 g/mol. The number of methoxy groups -OCH3 is 1. The molecule has 0 spiro atoms. The van der Waals surface area contributed by atoms with Gasteiger partial charge in [0, 0.05) is 13.0 Å². The molecule has 1 fully saturated rings. The fourth-order valence-electron chi connectivity index (χ4n) is 2.51. The molecule has 0 aliphatic heterocycles. The number of hydrogen-bond donors (Lipinski definition) is 1. The van der Waals surface area contributed by atoms with Gasteiger partial charge in [0.2, 0.25) is 0 Å². The van der Waals surface area contributed by atoms with Crippen LogP contribution >= 0.6 is 0 Å². The Labute approximate surface area is 105 Å². The molecule has 0 heterocycles. The summed E-state index contributed by atoms with van der Waals surface area (Å²) in [6.07, 6.45) is 8.28. The van der Waals surface area contributed by atoms with Gasteiger partial charge in [0.15, 0.2) is 0 Å². The van der Waals surface area contributed by atoms with Crippen molar-refractivity contribution in [2.45, 2.75) is 58.7 Å². The van der Waals surface area contributed by atoms with Gasteiger partial charge in [-0.1, -0.05) is 23.3 Å². The molecule has 1 saturated carbocycles. The molecule has 0 bridgehead atoms. The van der Waals surface area contributed by atoms with Gasteiger partial charge >= 0.3 is 0 Å². The number of rotatable bonds is 4. The van der Waals surface area contributed by atoms with Gasteiger partial charge in [0.25, 0.3) is 0 Å². The molecule has 0 radical (unpaired) electrons. The van der Waals surface area contributed by atoms with Crippen molar-refractivity contribution in [3.63, 3.8) is 0 Å². The number of aliphatic hydroxyl groups excluding tert-OH is 1. The zero-order chi connectivity index (χ0) is 12.8. The summed E-state index contributed by atoms with van der Waals surface area (Å²) in [5, 5.41) is 9.76. The van der Waals surface area contributed by atoms with E-state index in [2.05, 4.69) is 32.9 Å². The standard InChI is InChI=1S/C15H26O2/c1-11(2)6-5-7-12(3)14-10-13(16)8-9-15(14)17-4/h6-7,13-16H,5,8-10H2,1-4H3/b12-7+/t13-,14?,15?/m1/s1. The van der Waals surface area contributed by atoms with E-state index in [0.717, 1.165) is 25.7 Å². The molecule has 0 aromatic rings. The van der Waals surface area contributed by atoms with Crippen LogP contribution in [0.5, 0.6) is 0 Å². The van der Waals surface area contributed by atoms with Crippen LogP contribution in [0.3, 0.4) is 0 Å². The monoisotopic (exact) mass is 238 g/mol. The number of aliphatic hydroxyl groups is 1. The molecule has 98 valence electrons. The molecule has 2 nitrogen and oxygen atoms in total. The lowest BCUT2D eigenvalue weighted by Gasteiger charge is -2.34. The molecular weight excluding hydrogens is 212 g/mol. The lowest BCUT2D eigenvalue weighted by atomic mass is 9.80. The van der Waals surface area contributed by atoms with Gasteiger partial charge in [-0.3, -0.25) is 0 Å². The maximum Gasteiger partial charge on any atom is 0.0638 e. The highest BCUT2D eigenvalue weighted by molar-refractivity contribution is 5.11. The second kappa shape index (κ2) is 6.97. The lowest BCUT2D eigenvalue weighted by Crippen LogP contribution is -2.33. The van der Waals surface area contributed by atoms with Gasteiger partial charge in [0.1, 0.15) is 0 Å². The van der Waals surface area contributed by atoms with E-state index in [4.69, 9.17) is 4.74 Å². The van der Waals surface area contributed by atoms with E-state index in [9.17, 15) is 5.11 Å². The van der Waals surface area contributed by atoms with Crippen LogP contribution in [0.25, 0.3) is 0 Å².